The summed E-state index contributed by atoms with van der Waals surface area (Å²) in [6.45, 7) is 15.1. The number of amides is 1. The summed E-state index contributed by atoms with van der Waals surface area (Å²) in [6.07, 6.45) is -0.501. The van der Waals surface area contributed by atoms with E-state index in [1.54, 1.807) is 0 Å². The van der Waals surface area contributed by atoms with E-state index in [1.165, 1.54) is 6.07 Å². The molecule has 6 heteroatoms. The molecular formula is C21H34FN3O2. The molecule has 152 valence electrons. The van der Waals surface area contributed by atoms with Gasteiger partial charge in [0.15, 0.2) is 0 Å². The van der Waals surface area contributed by atoms with Gasteiger partial charge in [0.25, 0.3) is 0 Å². The Morgan fingerprint density at radius 2 is 2.00 bits per heavy atom. The van der Waals surface area contributed by atoms with Gasteiger partial charge in [-0.05, 0) is 60.2 Å². The van der Waals surface area contributed by atoms with Crippen LogP contribution in [0.25, 0.3) is 0 Å². The maximum atomic E-state index is 14.7. The fraction of sp³-hybridized carbons (Fsp3) is 0.667. The van der Waals surface area contributed by atoms with Crippen molar-refractivity contribution in [3.8, 4) is 0 Å². The first kappa shape index (κ1) is 21.6. The van der Waals surface area contributed by atoms with Gasteiger partial charge in [-0.2, -0.15) is 0 Å². The van der Waals surface area contributed by atoms with E-state index in [0.29, 0.717) is 12.1 Å². The molecule has 1 aliphatic rings. The van der Waals surface area contributed by atoms with Crippen molar-refractivity contribution in [2.24, 2.45) is 0 Å². The van der Waals surface area contributed by atoms with Gasteiger partial charge < -0.3 is 10.1 Å². The number of nitrogens with zero attached hydrogens (tertiary/aromatic N) is 2. The third-order valence-corrected chi connectivity index (χ3v) is 5.10. The van der Waals surface area contributed by atoms with E-state index in [9.17, 15) is 9.18 Å². The van der Waals surface area contributed by atoms with Gasteiger partial charge in [-0.1, -0.05) is 12.1 Å². The van der Waals surface area contributed by atoms with Crippen LogP contribution in [0.3, 0.4) is 0 Å². The molecule has 1 heterocycles. The highest BCUT2D eigenvalue weighted by atomic mass is 19.1. The molecule has 0 aromatic heterocycles. The number of likely N-dealkylation sites (N-methyl/N-ethyl adjacent to an activating group) is 1. The van der Waals surface area contributed by atoms with Gasteiger partial charge in [0, 0.05) is 37.3 Å². The minimum atomic E-state index is -0.560. The fourth-order valence-corrected chi connectivity index (χ4v) is 3.25. The molecule has 1 aliphatic heterocycles. The standard InChI is InChI=1S/C21H34FN3O2/c1-15(23-19(26)27-20(2,3)4)16-8-9-17(18(22)12-16)13-25-11-10-24(7)21(5,6)14-25/h8-9,12,15H,10-11,13-14H2,1-7H3,(H,23,26)/t15-/m0/s1. The molecule has 1 saturated heterocycles. The first-order valence-corrected chi connectivity index (χ1v) is 9.59. The second-order valence-electron chi connectivity index (χ2n) is 9.16. The predicted molar refractivity (Wildman–Crippen MR) is 106 cm³/mol. The quantitative estimate of drug-likeness (QED) is 0.861. The van der Waals surface area contributed by atoms with Crippen LogP contribution in [0, 0.1) is 5.82 Å². The molecule has 1 aromatic rings. The van der Waals surface area contributed by atoms with Crippen LogP contribution >= 0.6 is 0 Å². The van der Waals surface area contributed by atoms with Gasteiger partial charge in [0.05, 0.1) is 6.04 Å². The highest BCUT2D eigenvalue weighted by Crippen LogP contribution is 2.23. The molecule has 1 atom stereocenters. The third kappa shape index (κ3) is 6.18. The SMILES string of the molecule is C[C@H](NC(=O)OC(C)(C)C)c1ccc(CN2CCN(C)C(C)(C)C2)c(F)c1. The number of carbonyl (C=O) groups is 1. The highest BCUT2D eigenvalue weighted by Gasteiger charge is 2.31. The Bertz CT molecular complexity index is 670. The molecule has 0 saturated carbocycles. The van der Waals surface area contributed by atoms with Gasteiger partial charge in [-0.3, -0.25) is 9.80 Å². The number of piperazine rings is 1. The number of hydrogen-bond acceptors (Lipinski definition) is 4. The van der Waals surface area contributed by atoms with Crippen molar-refractivity contribution in [2.75, 3.05) is 26.7 Å². The molecular weight excluding hydrogens is 345 g/mol. The van der Waals surface area contributed by atoms with E-state index in [-0.39, 0.29) is 17.4 Å². The normalized spacial score (nSPS) is 19.6. The second-order valence-corrected chi connectivity index (χ2v) is 9.16. The van der Waals surface area contributed by atoms with Gasteiger partial charge in [-0.15, -0.1) is 0 Å². The number of benzene rings is 1. The van der Waals surface area contributed by atoms with Crippen molar-refractivity contribution >= 4 is 6.09 Å². The summed E-state index contributed by atoms with van der Waals surface area (Å²) < 4.78 is 19.9. The Balaban J connectivity index is 2.00. The zero-order valence-electron chi connectivity index (χ0n) is 17.7. The number of rotatable bonds is 4. The number of halogens is 1. The first-order valence-electron chi connectivity index (χ1n) is 9.59. The van der Waals surface area contributed by atoms with Crippen molar-refractivity contribution < 1.29 is 13.9 Å². The lowest BCUT2D eigenvalue weighted by atomic mass is 9.99. The van der Waals surface area contributed by atoms with Crippen molar-refractivity contribution in [2.45, 2.75) is 65.3 Å². The van der Waals surface area contributed by atoms with Crippen LogP contribution in [0.4, 0.5) is 9.18 Å². The molecule has 1 N–H and O–H groups in total. The average molecular weight is 380 g/mol. The topological polar surface area (TPSA) is 44.8 Å². The lowest BCUT2D eigenvalue weighted by molar-refractivity contribution is 0.0355. The van der Waals surface area contributed by atoms with Crippen LogP contribution in [0.1, 0.15) is 58.7 Å². The molecule has 0 radical (unpaired) electrons. The molecule has 5 nitrogen and oxygen atoms in total. The number of hydrogen-bond donors (Lipinski definition) is 1. The molecule has 1 fully saturated rings. The number of nitrogens with one attached hydrogen (secondary N) is 1. The lowest BCUT2D eigenvalue weighted by Crippen LogP contribution is -2.57. The zero-order chi connectivity index (χ0) is 20.4. The summed E-state index contributed by atoms with van der Waals surface area (Å²) in [5.74, 6) is -0.234. The van der Waals surface area contributed by atoms with Gasteiger partial charge in [0.2, 0.25) is 0 Å². The van der Waals surface area contributed by atoms with Crippen molar-refractivity contribution in [1.82, 2.24) is 15.1 Å². The summed E-state index contributed by atoms with van der Waals surface area (Å²) in [5.41, 5.74) is 0.930. The van der Waals surface area contributed by atoms with E-state index < -0.39 is 11.7 Å². The molecule has 1 aromatic carbocycles. The maximum absolute atomic E-state index is 14.7. The highest BCUT2D eigenvalue weighted by molar-refractivity contribution is 5.68. The zero-order valence-corrected chi connectivity index (χ0v) is 17.7. The maximum Gasteiger partial charge on any atom is 0.408 e. The van der Waals surface area contributed by atoms with Crippen molar-refractivity contribution in [1.29, 1.82) is 0 Å². The monoisotopic (exact) mass is 379 g/mol. The Labute approximate surface area is 162 Å². The predicted octanol–water partition coefficient (Wildman–Crippen LogP) is 3.94. The molecule has 0 spiro atoms. The summed E-state index contributed by atoms with van der Waals surface area (Å²) >= 11 is 0. The third-order valence-electron chi connectivity index (χ3n) is 5.10. The minimum absolute atomic E-state index is 0.0838. The largest absolute Gasteiger partial charge is 0.444 e. The second kappa shape index (κ2) is 8.15. The fourth-order valence-electron chi connectivity index (χ4n) is 3.25. The van der Waals surface area contributed by atoms with Gasteiger partial charge in [-0.25, -0.2) is 9.18 Å². The minimum Gasteiger partial charge on any atom is -0.444 e. The van der Waals surface area contributed by atoms with E-state index in [4.69, 9.17) is 4.74 Å². The van der Waals surface area contributed by atoms with Crippen LogP contribution in [0.2, 0.25) is 0 Å². The molecule has 0 unspecified atom stereocenters. The molecule has 0 aliphatic carbocycles. The Kier molecular flexibility index (Phi) is 6.53. The van der Waals surface area contributed by atoms with Crippen molar-refractivity contribution in [3.05, 3.63) is 35.1 Å². The summed E-state index contributed by atoms with van der Waals surface area (Å²) in [4.78, 5) is 16.5. The number of ether oxygens (including phenoxy) is 1. The number of alkyl carbamates (subject to hydrolysis) is 1. The summed E-state index contributed by atoms with van der Waals surface area (Å²) in [5, 5.41) is 2.75. The van der Waals surface area contributed by atoms with E-state index in [2.05, 4.69) is 36.0 Å². The van der Waals surface area contributed by atoms with Gasteiger partial charge >= 0.3 is 6.09 Å². The Morgan fingerprint density at radius 1 is 1.33 bits per heavy atom. The smallest absolute Gasteiger partial charge is 0.408 e. The van der Waals surface area contributed by atoms with Crippen LogP contribution < -0.4 is 5.32 Å². The summed E-state index contributed by atoms with van der Waals surface area (Å²) in [7, 11) is 2.13. The van der Waals surface area contributed by atoms with Gasteiger partial charge in [0.1, 0.15) is 11.4 Å². The lowest BCUT2D eigenvalue weighted by Gasteiger charge is -2.45. The first-order chi connectivity index (χ1) is 12.4. The van der Waals surface area contributed by atoms with Crippen LogP contribution in [-0.2, 0) is 11.3 Å². The molecule has 1 amide bonds. The summed E-state index contributed by atoms with van der Waals surface area (Å²) in [6, 6.07) is 4.88. The average Bonchev–Trinajstić information content (AvgIpc) is 2.50. The Morgan fingerprint density at radius 3 is 2.56 bits per heavy atom. The van der Waals surface area contributed by atoms with E-state index in [1.807, 2.05) is 39.8 Å². The number of carbonyl (C=O) groups excluding carboxylic acids is 1. The van der Waals surface area contributed by atoms with Crippen molar-refractivity contribution in [3.63, 3.8) is 0 Å². The van der Waals surface area contributed by atoms with Crippen LogP contribution in [-0.4, -0.2) is 53.7 Å². The van der Waals surface area contributed by atoms with E-state index in [0.717, 1.165) is 25.2 Å². The molecule has 2 rings (SSSR count). The molecule has 27 heavy (non-hydrogen) atoms. The Hall–Kier alpha value is -1.66. The molecule has 0 bridgehead atoms. The van der Waals surface area contributed by atoms with Crippen LogP contribution in [0.5, 0.6) is 0 Å². The van der Waals surface area contributed by atoms with Crippen LogP contribution in [0.15, 0.2) is 18.2 Å². The van der Waals surface area contributed by atoms with E-state index >= 15 is 0 Å².